The Morgan fingerprint density at radius 2 is 1.80 bits per heavy atom. The molecule has 1 saturated carbocycles. The van der Waals surface area contributed by atoms with Crippen molar-refractivity contribution in [1.29, 1.82) is 0 Å². The first-order valence-corrected chi connectivity index (χ1v) is 10.5. The third-order valence-corrected chi connectivity index (χ3v) is 5.58. The fraction of sp³-hybridized carbons (Fsp3) is 0.400. The van der Waals surface area contributed by atoms with Gasteiger partial charge in [-0.25, -0.2) is 14.8 Å². The second-order valence-electron chi connectivity index (χ2n) is 8.89. The molecule has 156 valence electrons. The molecule has 1 aliphatic carbocycles. The first kappa shape index (κ1) is 20.3. The Hall–Kier alpha value is -2.95. The number of ether oxygens (including phenoxy) is 2. The van der Waals surface area contributed by atoms with E-state index in [0.29, 0.717) is 11.5 Å². The second kappa shape index (κ2) is 8.05. The van der Waals surface area contributed by atoms with Crippen molar-refractivity contribution in [2.75, 3.05) is 7.11 Å². The molecule has 0 bridgehead atoms. The van der Waals surface area contributed by atoms with Gasteiger partial charge in [-0.15, -0.1) is 0 Å². The molecule has 1 aromatic heterocycles. The molecule has 2 aromatic carbocycles. The molecular formula is C25H28N2O3. The average Bonchev–Trinajstić information content (AvgIpc) is 3.26. The van der Waals surface area contributed by atoms with Crippen LogP contribution in [0.3, 0.4) is 0 Å². The van der Waals surface area contributed by atoms with Crippen molar-refractivity contribution in [3.8, 4) is 17.0 Å². The van der Waals surface area contributed by atoms with E-state index in [-0.39, 0.29) is 5.97 Å². The van der Waals surface area contributed by atoms with Crippen LogP contribution in [0.15, 0.2) is 42.7 Å². The highest BCUT2D eigenvalue weighted by molar-refractivity contribution is 5.95. The minimum absolute atomic E-state index is 0.256. The number of nitrogens with zero attached hydrogens (tertiary/aromatic N) is 2. The highest BCUT2D eigenvalue weighted by Gasteiger charge is 2.26. The van der Waals surface area contributed by atoms with Gasteiger partial charge < -0.3 is 9.47 Å². The molecule has 30 heavy (non-hydrogen) atoms. The van der Waals surface area contributed by atoms with Crippen LogP contribution in [0.1, 0.15) is 68.3 Å². The van der Waals surface area contributed by atoms with Crippen LogP contribution in [0, 0.1) is 0 Å². The summed E-state index contributed by atoms with van der Waals surface area (Å²) in [4.78, 5) is 21.9. The monoisotopic (exact) mass is 404 g/mol. The molecule has 1 heterocycles. The molecule has 5 nitrogen and oxygen atoms in total. The molecule has 0 N–H and O–H groups in total. The maximum atomic E-state index is 12.9. The Labute approximate surface area is 177 Å². The van der Waals surface area contributed by atoms with Gasteiger partial charge in [0.2, 0.25) is 0 Å². The fourth-order valence-corrected chi connectivity index (χ4v) is 4.20. The summed E-state index contributed by atoms with van der Waals surface area (Å²) in [7, 11) is 1.65. The SMILES string of the molecule is COc1ccc2c(-c3ccc(C(=O)OC(C)(C)C)c(C4CCCC4)c3)ncnc2c1. The maximum absolute atomic E-state index is 12.9. The van der Waals surface area contributed by atoms with Crippen molar-refractivity contribution < 1.29 is 14.3 Å². The number of methoxy groups -OCH3 is 1. The summed E-state index contributed by atoms with van der Waals surface area (Å²) in [6.07, 6.45) is 6.16. The summed E-state index contributed by atoms with van der Waals surface area (Å²) in [5.41, 5.74) is 3.89. The summed E-state index contributed by atoms with van der Waals surface area (Å²) in [5.74, 6) is 0.882. The van der Waals surface area contributed by atoms with Gasteiger partial charge >= 0.3 is 5.97 Å². The number of benzene rings is 2. The Kier molecular flexibility index (Phi) is 5.46. The molecule has 3 aromatic rings. The minimum atomic E-state index is -0.523. The zero-order valence-electron chi connectivity index (χ0n) is 18.1. The molecule has 1 fully saturated rings. The highest BCUT2D eigenvalue weighted by atomic mass is 16.6. The van der Waals surface area contributed by atoms with Gasteiger partial charge in [0, 0.05) is 17.0 Å². The average molecular weight is 405 g/mol. The van der Waals surface area contributed by atoms with Crippen LogP contribution in [0.4, 0.5) is 0 Å². The topological polar surface area (TPSA) is 61.3 Å². The van der Waals surface area contributed by atoms with Gasteiger partial charge in [-0.2, -0.15) is 0 Å². The van der Waals surface area contributed by atoms with E-state index in [1.165, 1.54) is 12.8 Å². The Bertz CT molecular complexity index is 1080. The molecule has 0 radical (unpaired) electrons. The third kappa shape index (κ3) is 4.16. The minimum Gasteiger partial charge on any atom is -0.497 e. The summed E-state index contributed by atoms with van der Waals surface area (Å²) in [6, 6.07) is 11.8. The molecule has 0 aliphatic heterocycles. The van der Waals surface area contributed by atoms with Gasteiger partial charge in [-0.05, 0) is 69.4 Å². The zero-order chi connectivity index (χ0) is 21.3. The predicted molar refractivity (Wildman–Crippen MR) is 118 cm³/mol. The number of carbonyl (C=O) groups is 1. The molecule has 5 heteroatoms. The van der Waals surface area contributed by atoms with Gasteiger partial charge in [0.1, 0.15) is 17.7 Å². The molecule has 1 aliphatic rings. The van der Waals surface area contributed by atoms with Gasteiger partial charge in [0.15, 0.2) is 0 Å². The van der Waals surface area contributed by atoms with E-state index in [1.54, 1.807) is 13.4 Å². The van der Waals surface area contributed by atoms with E-state index in [9.17, 15) is 4.79 Å². The maximum Gasteiger partial charge on any atom is 0.338 e. The van der Waals surface area contributed by atoms with Crippen LogP contribution in [-0.2, 0) is 4.74 Å². The smallest absolute Gasteiger partial charge is 0.338 e. The molecule has 0 atom stereocenters. The van der Waals surface area contributed by atoms with Crippen molar-refractivity contribution in [1.82, 2.24) is 9.97 Å². The van der Waals surface area contributed by atoms with Gasteiger partial charge in [-0.1, -0.05) is 18.9 Å². The lowest BCUT2D eigenvalue weighted by atomic mass is 9.90. The number of aromatic nitrogens is 2. The highest BCUT2D eigenvalue weighted by Crippen LogP contribution is 2.39. The van der Waals surface area contributed by atoms with Gasteiger partial charge in [-0.3, -0.25) is 0 Å². The van der Waals surface area contributed by atoms with E-state index < -0.39 is 5.60 Å². The molecule has 0 unspecified atom stereocenters. The van der Waals surface area contributed by atoms with Crippen LogP contribution in [0.25, 0.3) is 22.2 Å². The van der Waals surface area contributed by atoms with Crippen molar-refractivity contribution in [2.24, 2.45) is 0 Å². The lowest BCUT2D eigenvalue weighted by molar-refractivity contribution is 0.00678. The zero-order valence-corrected chi connectivity index (χ0v) is 18.1. The quantitative estimate of drug-likeness (QED) is 0.505. The van der Waals surface area contributed by atoms with E-state index in [2.05, 4.69) is 16.0 Å². The van der Waals surface area contributed by atoms with E-state index in [4.69, 9.17) is 9.47 Å². The van der Waals surface area contributed by atoms with Crippen LogP contribution < -0.4 is 4.74 Å². The second-order valence-corrected chi connectivity index (χ2v) is 8.89. The number of fused-ring (bicyclic) bond motifs is 1. The van der Waals surface area contributed by atoms with Crippen molar-refractivity contribution >= 4 is 16.9 Å². The van der Waals surface area contributed by atoms with Crippen LogP contribution >= 0.6 is 0 Å². The number of esters is 1. The lowest BCUT2D eigenvalue weighted by Crippen LogP contribution is -2.24. The first-order valence-electron chi connectivity index (χ1n) is 10.5. The Morgan fingerprint density at radius 1 is 1.03 bits per heavy atom. The lowest BCUT2D eigenvalue weighted by Gasteiger charge is -2.22. The Balaban J connectivity index is 1.81. The van der Waals surface area contributed by atoms with E-state index in [0.717, 1.165) is 46.3 Å². The molecule has 0 amide bonds. The molecular weight excluding hydrogens is 376 g/mol. The summed E-state index contributed by atoms with van der Waals surface area (Å²) in [6.45, 7) is 5.70. The van der Waals surface area contributed by atoms with Crippen LogP contribution in [0.5, 0.6) is 5.75 Å². The van der Waals surface area contributed by atoms with Gasteiger partial charge in [0.05, 0.1) is 23.9 Å². The van der Waals surface area contributed by atoms with Crippen LogP contribution in [0.2, 0.25) is 0 Å². The number of hydrogen-bond donors (Lipinski definition) is 0. The van der Waals surface area contributed by atoms with Crippen molar-refractivity contribution in [3.63, 3.8) is 0 Å². The fourth-order valence-electron chi connectivity index (χ4n) is 4.20. The number of carbonyl (C=O) groups excluding carboxylic acids is 1. The summed E-state index contributed by atoms with van der Waals surface area (Å²) in [5, 5.41) is 0.959. The van der Waals surface area contributed by atoms with E-state index >= 15 is 0 Å². The van der Waals surface area contributed by atoms with Gasteiger partial charge in [0.25, 0.3) is 0 Å². The number of rotatable bonds is 4. The third-order valence-electron chi connectivity index (χ3n) is 5.58. The number of hydrogen-bond acceptors (Lipinski definition) is 5. The summed E-state index contributed by atoms with van der Waals surface area (Å²) >= 11 is 0. The van der Waals surface area contributed by atoms with Crippen LogP contribution in [-0.4, -0.2) is 28.6 Å². The summed E-state index contributed by atoms with van der Waals surface area (Å²) < 4.78 is 11.0. The molecule has 0 spiro atoms. The largest absolute Gasteiger partial charge is 0.497 e. The van der Waals surface area contributed by atoms with E-state index in [1.807, 2.05) is 51.1 Å². The Morgan fingerprint density at radius 3 is 2.50 bits per heavy atom. The van der Waals surface area contributed by atoms with Crippen molar-refractivity contribution in [2.45, 2.75) is 58.0 Å². The molecule has 4 rings (SSSR count). The predicted octanol–water partition coefficient (Wildman–Crippen LogP) is 5.92. The van der Waals surface area contributed by atoms with Crippen molar-refractivity contribution in [3.05, 3.63) is 53.9 Å². The first-order chi connectivity index (χ1) is 14.4. The normalized spacial score (nSPS) is 14.8. The standard InChI is InChI=1S/C25H28N2O3/c1-25(2,3)30-24(28)19-11-9-17(13-21(19)16-7-5-6-8-16)23-20-12-10-18(29-4)14-22(20)26-15-27-23/h9-16H,5-8H2,1-4H3. The molecule has 0 saturated heterocycles.